The van der Waals surface area contributed by atoms with Gasteiger partial charge in [0.05, 0.1) is 39.4 Å². The van der Waals surface area contributed by atoms with Crippen LogP contribution in [0, 0.1) is 20.8 Å². The van der Waals surface area contributed by atoms with Gasteiger partial charge in [-0.3, -0.25) is 4.68 Å². The van der Waals surface area contributed by atoms with Gasteiger partial charge in [-0.25, -0.2) is 0 Å². The molecule has 2 aromatic carbocycles. The van der Waals surface area contributed by atoms with Crippen molar-refractivity contribution >= 4 is 51.9 Å². The lowest BCUT2D eigenvalue weighted by Gasteiger charge is -2.15. The molecule has 3 aromatic rings. The second-order valence-electron chi connectivity index (χ2n) is 6.91. The summed E-state index contributed by atoms with van der Waals surface area (Å²) < 4.78 is 31.8. The maximum atomic E-state index is 12.7. The Labute approximate surface area is 194 Å². The molecule has 0 spiro atoms. The van der Waals surface area contributed by atoms with Crippen LogP contribution >= 0.6 is 35.4 Å². The average Bonchev–Trinajstić information content (AvgIpc) is 2.94. The number of alkyl halides is 2. The van der Waals surface area contributed by atoms with Crippen molar-refractivity contribution < 1.29 is 13.5 Å². The highest BCUT2D eigenvalue weighted by Crippen LogP contribution is 2.28. The highest BCUT2D eigenvalue weighted by Gasteiger charge is 2.15. The largest absolute Gasteiger partial charge is 0.433 e. The molecule has 0 bridgehead atoms. The van der Waals surface area contributed by atoms with Gasteiger partial charge in [-0.1, -0.05) is 35.3 Å². The molecule has 31 heavy (non-hydrogen) atoms. The zero-order valence-electron chi connectivity index (χ0n) is 17.0. The molecule has 0 saturated carbocycles. The van der Waals surface area contributed by atoms with Crippen LogP contribution in [-0.4, -0.2) is 21.5 Å². The third-order valence-electron chi connectivity index (χ3n) is 4.54. The van der Waals surface area contributed by atoms with Crippen molar-refractivity contribution in [2.24, 2.45) is 0 Å². The van der Waals surface area contributed by atoms with Gasteiger partial charge in [0, 0.05) is 0 Å². The minimum atomic E-state index is -2.94. The van der Waals surface area contributed by atoms with Crippen molar-refractivity contribution in [1.29, 1.82) is 0 Å². The second kappa shape index (κ2) is 9.80. The summed E-state index contributed by atoms with van der Waals surface area (Å²) in [5.74, 6) is 0.00788. The monoisotopic (exact) mass is 484 g/mol. The normalized spacial score (nSPS) is 11.0. The lowest BCUT2D eigenvalue weighted by molar-refractivity contribution is -0.0493. The first kappa shape index (κ1) is 23.2. The van der Waals surface area contributed by atoms with Gasteiger partial charge in [-0.15, -0.1) is 0 Å². The maximum Gasteiger partial charge on any atom is 0.387 e. The van der Waals surface area contributed by atoms with Crippen LogP contribution in [0.4, 0.5) is 20.2 Å². The Hall–Kier alpha value is -2.42. The first-order chi connectivity index (χ1) is 14.6. The van der Waals surface area contributed by atoms with Crippen LogP contribution < -0.4 is 15.4 Å². The molecule has 0 aliphatic carbocycles. The van der Waals surface area contributed by atoms with Gasteiger partial charge in [-0.05, 0) is 68.4 Å². The number of ether oxygens (including phenoxy) is 1. The Morgan fingerprint density at radius 3 is 2.52 bits per heavy atom. The molecule has 10 heteroatoms. The van der Waals surface area contributed by atoms with Crippen molar-refractivity contribution in [1.82, 2.24) is 9.78 Å². The molecule has 0 amide bonds. The number of nitrogens with one attached hydrogen (secondary N) is 2. The SMILES string of the molecule is Cc1ccc(OC(F)F)c(NC(=S)Nc2c(C)nn(Cc3ccc(Cl)c(Cl)c3)c2C)c1. The van der Waals surface area contributed by atoms with E-state index in [-0.39, 0.29) is 10.9 Å². The van der Waals surface area contributed by atoms with E-state index in [0.717, 1.165) is 28.2 Å². The van der Waals surface area contributed by atoms with E-state index in [0.29, 0.717) is 22.3 Å². The Morgan fingerprint density at radius 2 is 1.84 bits per heavy atom. The number of rotatable bonds is 6. The van der Waals surface area contributed by atoms with E-state index in [1.165, 1.54) is 6.07 Å². The van der Waals surface area contributed by atoms with Crippen LogP contribution in [0.15, 0.2) is 36.4 Å². The topological polar surface area (TPSA) is 51.1 Å². The zero-order chi connectivity index (χ0) is 22.7. The quantitative estimate of drug-likeness (QED) is 0.387. The van der Waals surface area contributed by atoms with E-state index < -0.39 is 6.61 Å². The summed E-state index contributed by atoms with van der Waals surface area (Å²) in [6, 6.07) is 10.2. The summed E-state index contributed by atoms with van der Waals surface area (Å²) in [6.45, 7) is 3.15. The van der Waals surface area contributed by atoms with Crippen molar-refractivity contribution in [3.05, 3.63) is 69.0 Å². The Kier molecular flexibility index (Phi) is 7.35. The molecular weight excluding hydrogens is 465 g/mol. The number of nitrogens with zero attached hydrogens (tertiary/aromatic N) is 2. The van der Waals surface area contributed by atoms with E-state index in [1.807, 2.05) is 31.5 Å². The summed E-state index contributed by atoms with van der Waals surface area (Å²) in [7, 11) is 0. The van der Waals surface area contributed by atoms with Gasteiger partial charge in [0.1, 0.15) is 5.75 Å². The van der Waals surface area contributed by atoms with Crippen LogP contribution in [0.2, 0.25) is 10.0 Å². The van der Waals surface area contributed by atoms with Gasteiger partial charge in [0.15, 0.2) is 5.11 Å². The first-order valence-electron chi connectivity index (χ1n) is 9.25. The molecule has 0 aliphatic heterocycles. The molecular formula is C21H20Cl2F2N4OS. The fourth-order valence-corrected chi connectivity index (χ4v) is 3.58. The number of anilines is 2. The molecule has 0 atom stereocenters. The molecule has 0 saturated heterocycles. The minimum Gasteiger partial charge on any atom is -0.433 e. The summed E-state index contributed by atoms with van der Waals surface area (Å²) in [5.41, 5.74) is 4.46. The molecule has 1 heterocycles. The number of thiocarbonyl (C=S) groups is 1. The minimum absolute atomic E-state index is 0.00788. The number of halogens is 4. The van der Waals surface area contributed by atoms with Crippen molar-refractivity contribution in [3.8, 4) is 5.75 Å². The van der Waals surface area contributed by atoms with Crippen molar-refractivity contribution in [2.45, 2.75) is 33.9 Å². The maximum absolute atomic E-state index is 12.7. The van der Waals surface area contributed by atoms with Crippen LogP contribution in [0.1, 0.15) is 22.5 Å². The molecule has 2 N–H and O–H groups in total. The van der Waals surface area contributed by atoms with Gasteiger partial charge >= 0.3 is 6.61 Å². The average molecular weight is 485 g/mol. The third-order valence-corrected chi connectivity index (χ3v) is 5.48. The lowest BCUT2D eigenvalue weighted by Crippen LogP contribution is -2.21. The number of aromatic nitrogens is 2. The molecule has 0 unspecified atom stereocenters. The number of benzene rings is 2. The Morgan fingerprint density at radius 1 is 1.10 bits per heavy atom. The second-order valence-corrected chi connectivity index (χ2v) is 8.13. The molecule has 1 aromatic heterocycles. The number of hydrogen-bond donors (Lipinski definition) is 2. The number of hydrogen-bond acceptors (Lipinski definition) is 3. The van der Waals surface area contributed by atoms with Crippen molar-refractivity contribution in [3.63, 3.8) is 0 Å². The third kappa shape index (κ3) is 5.84. The first-order valence-corrected chi connectivity index (χ1v) is 10.4. The van der Waals surface area contributed by atoms with Crippen LogP contribution in [-0.2, 0) is 6.54 Å². The smallest absolute Gasteiger partial charge is 0.387 e. The fraction of sp³-hybridized carbons (Fsp3) is 0.238. The van der Waals surface area contributed by atoms with Crippen LogP contribution in [0.3, 0.4) is 0 Å². The predicted molar refractivity (Wildman–Crippen MR) is 125 cm³/mol. The summed E-state index contributed by atoms with van der Waals surface area (Å²) in [5, 5.41) is 11.8. The van der Waals surface area contributed by atoms with E-state index in [4.69, 9.17) is 35.4 Å². The van der Waals surface area contributed by atoms with Crippen LogP contribution in [0.5, 0.6) is 5.75 Å². The fourth-order valence-electron chi connectivity index (χ4n) is 3.05. The molecule has 164 valence electrons. The molecule has 0 radical (unpaired) electrons. The van der Waals surface area contributed by atoms with Gasteiger partial charge in [-0.2, -0.15) is 13.9 Å². The molecule has 0 aliphatic rings. The Bertz CT molecular complexity index is 1120. The van der Waals surface area contributed by atoms with E-state index in [1.54, 1.807) is 24.3 Å². The van der Waals surface area contributed by atoms with Crippen LogP contribution in [0.25, 0.3) is 0 Å². The lowest BCUT2D eigenvalue weighted by atomic mass is 10.2. The molecule has 3 rings (SSSR count). The highest BCUT2D eigenvalue weighted by molar-refractivity contribution is 7.80. The summed E-state index contributed by atoms with van der Waals surface area (Å²) in [4.78, 5) is 0. The standard InChI is InChI=1S/C21H20Cl2F2N4OS/c1-11-4-7-18(30-20(24)25)17(8-11)26-21(31)27-19-12(2)28-29(13(19)3)10-14-5-6-15(22)16(23)9-14/h4-9,20H,10H2,1-3H3,(H2,26,27,31). The van der Waals surface area contributed by atoms with E-state index in [9.17, 15) is 8.78 Å². The van der Waals surface area contributed by atoms with Gasteiger partial charge < -0.3 is 15.4 Å². The summed E-state index contributed by atoms with van der Waals surface area (Å²) >= 11 is 17.5. The van der Waals surface area contributed by atoms with Crippen molar-refractivity contribution in [2.75, 3.05) is 10.6 Å². The Balaban J connectivity index is 1.77. The molecule has 0 fully saturated rings. The van der Waals surface area contributed by atoms with Gasteiger partial charge in [0.25, 0.3) is 0 Å². The number of aryl methyl sites for hydroxylation is 2. The predicted octanol–water partition coefficient (Wildman–Crippen LogP) is 6.57. The molecule has 5 nitrogen and oxygen atoms in total. The zero-order valence-corrected chi connectivity index (χ0v) is 19.3. The van der Waals surface area contributed by atoms with Gasteiger partial charge in [0.2, 0.25) is 0 Å². The highest BCUT2D eigenvalue weighted by atomic mass is 35.5. The van der Waals surface area contributed by atoms with E-state index in [2.05, 4.69) is 20.5 Å². The summed E-state index contributed by atoms with van der Waals surface area (Å²) in [6.07, 6.45) is 0. The van der Waals surface area contributed by atoms with E-state index >= 15 is 0 Å².